The molecular weight excluding hydrogens is 376 g/mol. The van der Waals surface area contributed by atoms with E-state index in [0.29, 0.717) is 21.4 Å². The lowest BCUT2D eigenvalue weighted by Crippen LogP contribution is -2.19. The number of hydrogen-bond acceptors (Lipinski definition) is 6. The van der Waals surface area contributed by atoms with Gasteiger partial charge in [0.2, 0.25) is 0 Å². The van der Waals surface area contributed by atoms with Gasteiger partial charge in [-0.3, -0.25) is 9.12 Å². The Bertz CT molecular complexity index is 906. The molecule has 0 aliphatic heterocycles. The van der Waals surface area contributed by atoms with Crippen molar-refractivity contribution in [1.82, 2.24) is 24.3 Å². The van der Waals surface area contributed by atoms with Gasteiger partial charge in [0, 0.05) is 16.6 Å². The molecule has 1 aliphatic rings. The summed E-state index contributed by atoms with van der Waals surface area (Å²) in [5.41, 5.74) is 1.33. The van der Waals surface area contributed by atoms with Gasteiger partial charge >= 0.3 is 0 Å². The molecule has 0 amide bonds. The summed E-state index contributed by atoms with van der Waals surface area (Å²) in [7, 11) is 0. The van der Waals surface area contributed by atoms with Crippen LogP contribution < -0.4 is 4.72 Å². The van der Waals surface area contributed by atoms with E-state index in [4.69, 9.17) is 11.6 Å². The molecule has 1 aliphatic carbocycles. The largest absolute Gasteiger partial charge is 0.295 e. The molecule has 24 heavy (non-hydrogen) atoms. The minimum Gasteiger partial charge on any atom is -0.295 e. The molecule has 0 atom stereocenters. The first-order chi connectivity index (χ1) is 11.5. The third-order valence-electron chi connectivity index (χ3n) is 3.80. The maximum atomic E-state index is 12.7. The maximum Gasteiger partial charge on any atom is 0.291 e. The van der Waals surface area contributed by atoms with Crippen LogP contribution in [0.5, 0.6) is 0 Å². The van der Waals surface area contributed by atoms with Gasteiger partial charge in [0.15, 0.2) is 15.7 Å². The summed E-state index contributed by atoms with van der Waals surface area (Å²) < 4.78 is 30.6. The predicted molar refractivity (Wildman–Crippen MR) is 90.7 cm³/mol. The summed E-state index contributed by atoms with van der Waals surface area (Å²) in [5.74, 6) is 0. The Morgan fingerprint density at radius 2 is 2.21 bits per heavy atom. The van der Waals surface area contributed by atoms with Crippen LogP contribution in [0, 0.1) is 0 Å². The second-order valence-electron chi connectivity index (χ2n) is 5.87. The lowest BCUT2D eigenvalue weighted by atomic mass is 10.4. The van der Waals surface area contributed by atoms with Gasteiger partial charge in [-0.05, 0) is 37.8 Å². The molecule has 3 aromatic rings. The fourth-order valence-electron chi connectivity index (χ4n) is 2.13. The summed E-state index contributed by atoms with van der Waals surface area (Å²) in [6, 6.07) is 1.84. The van der Waals surface area contributed by atoms with Crippen molar-refractivity contribution in [3.05, 3.63) is 28.5 Å². The summed E-state index contributed by atoms with van der Waals surface area (Å²) in [5, 5.41) is 7.95. The van der Waals surface area contributed by atoms with E-state index in [1.807, 2.05) is 12.3 Å². The number of pyridine rings is 1. The van der Waals surface area contributed by atoms with Crippen LogP contribution in [-0.2, 0) is 0 Å². The zero-order valence-electron chi connectivity index (χ0n) is 12.5. The predicted octanol–water partition coefficient (Wildman–Crippen LogP) is 4.59. The van der Waals surface area contributed by atoms with E-state index < -0.39 is 6.43 Å². The Hall–Kier alpha value is -1.29. The van der Waals surface area contributed by atoms with Crippen LogP contribution in [0.3, 0.4) is 0 Å². The first-order valence-electron chi connectivity index (χ1n) is 7.18. The molecule has 5 nitrogen and oxygen atoms in total. The number of hydrogen-bond donors (Lipinski definition) is 1. The van der Waals surface area contributed by atoms with Crippen LogP contribution in [0.1, 0.15) is 31.2 Å². The van der Waals surface area contributed by atoms with Gasteiger partial charge in [0.05, 0.1) is 11.2 Å². The molecule has 0 saturated heterocycles. The molecule has 0 radical (unpaired) electrons. The normalized spacial score (nSPS) is 16.2. The molecule has 126 valence electrons. The summed E-state index contributed by atoms with van der Waals surface area (Å²) in [6.45, 7) is 2.16. The second-order valence-corrected chi connectivity index (χ2v) is 8.17. The lowest BCUT2D eigenvalue weighted by Gasteiger charge is -2.11. The molecule has 4 rings (SSSR count). The van der Waals surface area contributed by atoms with E-state index in [9.17, 15) is 8.78 Å². The average Bonchev–Trinajstić information content (AvgIpc) is 2.96. The van der Waals surface area contributed by atoms with Crippen LogP contribution in [0.2, 0.25) is 5.02 Å². The van der Waals surface area contributed by atoms with Crippen molar-refractivity contribution in [1.29, 1.82) is 0 Å². The number of nitrogens with zero attached hydrogens (tertiary/aromatic N) is 4. The third-order valence-corrected chi connectivity index (χ3v) is 6.08. The number of imidazole rings is 1. The number of aromatic nitrogens is 4. The van der Waals surface area contributed by atoms with E-state index in [1.165, 1.54) is 11.9 Å². The van der Waals surface area contributed by atoms with Crippen LogP contribution in [0.15, 0.2) is 23.4 Å². The molecule has 1 saturated carbocycles. The summed E-state index contributed by atoms with van der Waals surface area (Å²) in [6.07, 6.45) is 3.10. The van der Waals surface area contributed by atoms with Crippen molar-refractivity contribution in [3.8, 4) is 10.7 Å². The highest BCUT2D eigenvalue weighted by Gasteiger charge is 2.37. The standard InChI is InChI=1S/C14H12ClF2N5S2/c1-14(2-3-14)21-24-7-4-8(15)11-18-5-9(22(11)6-7)12-19-20-13(23-12)10(16)17/h4-6,10,21H,2-3H2,1H3. The molecule has 0 spiro atoms. The van der Waals surface area contributed by atoms with Crippen molar-refractivity contribution in [2.24, 2.45) is 0 Å². The van der Waals surface area contributed by atoms with Crippen molar-refractivity contribution < 1.29 is 8.78 Å². The van der Waals surface area contributed by atoms with Gasteiger partial charge in [-0.2, -0.15) is 0 Å². The summed E-state index contributed by atoms with van der Waals surface area (Å²) >= 11 is 8.66. The molecule has 0 bridgehead atoms. The monoisotopic (exact) mass is 387 g/mol. The molecule has 3 heterocycles. The highest BCUT2D eigenvalue weighted by atomic mass is 35.5. The van der Waals surface area contributed by atoms with Crippen molar-refractivity contribution >= 4 is 40.5 Å². The smallest absolute Gasteiger partial charge is 0.291 e. The molecule has 0 aromatic carbocycles. The quantitative estimate of drug-likeness (QED) is 0.649. The van der Waals surface area contributed by atoms with Crippen molar-refractivity contribution in [2.45, 2.75) is 36.6 Å². The van der Waals surface area contributed by atoms with Gasteiger partial charge < -0.3 is 0 Å². The number of rotatable bonds is 5. The van der Waals surface area contributed by atoms with Crippen LogP contribution in [-0.4, -0.2) is 25.1 Å². The average molecular weight is 388 g/mol. The van der Waals surface area contributed by atoms with Gasteiger partial charge in [0.25, 0.3) is 6.43 Å². The Balaban J connectivity index is 1.71. The highest BCUT2D eigenvalue weighted by Crippen LogP contribution is 2.38. The second kappa shape index (κ2) is 5.91. The zero-order valence-corrected chi connectivity index (χ0v) is 14.9. The van der Waals surface area contributed by atoms with E-state index in [1.54, 1.807) is 10.6 Å². The Labute approximate surface area is 149 Å². The number of nitrogens with one attached hydrogen (secondary N) is 1. The topological polar surface area (TPSA) is 55.1 Å². The first-order valence-corrected chi connectivity index (χ1v) is 9.19. The zero-order chi connectivity index (χ0) is 16.9. The van der Waals surface area contributed by atoms with E-state index in [-0.39, 0.29) is 10.5 Å². The fourth-order valence-corrected chi connectivity index (χ4v) is 4.07. The SMILES string of the molecule is CC1(NSc2cc(Cl)c3ncc(-c4nnc(C(F)F)s4)n3c2)CC1. The van der Waals surface area contributed by atoms with Crippen LogP contribution in [0.4, 0.5) is 8.78 Å². The molecule has 1 fully saturated rings. The van der Waals surface area contributed by atoms with E-state index in [2.05, 4.69) is 26.8 Å². The molecule has 3 aromatic heterocycles. The molecule has 10 heteroatoms. The molecule has 1 N–H and O–H groups in total. The Kier molecular flexibility index (Phi) is 3.98. The first kappa shape index (κ1) is 16.2. The fraction of sp³-hybridized carbons (Fsp3) is 0.357. The van der Waals surface area contributed by atoms with Crippen molar-refractivity contribution in [3.63, 3.8) is 0 Å². The van der Waals surface area contributed by atoms with Gasteiger partial charge in [-0.25, -0.2) is 13.8 Å². The van der Waals surface area contributed by atoms with Gasteiger partial charge in [0.1, 0.15) is 5.69 Å². The minimum absolute atomic E-state index is 0.176. The molecule has 0 unspecified atom stereocenters. The summed E-state index contributed by atoms with van der Waals surface area (Å²) in [4.78, 5) is 5.18. The Morgan fingerprint density at radius 3 is 2.88 bits per heavy atom. The molecular formula is C14H12ClF2N5S2. The van der Waals surface area contributed by atoms with Crippen LogP contribution >= 0.6 is 34.9 Å². The minimum atomic E-state index is -2.63. The number of alkyl halides is 2. The van der Waals surface area contributed by atoms with Gasteiger partial charge in [-0.15, -0.1) is 10.2 Å². The van der Waals surface area contributed by atoms with Crippen LogP contribution in [0.25, 0.3) is 16.3 Å². The van der Waals surface area contributed by atoms with E-state index >= 15 is 0 Å². The van der Waals surface area contributed by atoms with E-state index in [0.717, 1.165) is 29.1 Å². The maximum absolute atomic E-state index is 12.7. The lowest BCUT2D eigenvalue weighted by molar-refractivity contribution is 0.150. The third kappa shape index (κ3) is 3.01. The number of halogens is 3. The Morgan fingerprint density at radius 1 is 1.42 bits per heavy atom. The highest BCUT2D eigenvalue weighted by molar-refractivity contribution is 7.97. The van der Waals surface area contributed by atoms with Crippen molar-refractivity contribution in [2.75, 3.05) is 0 Å². The van der Waals surface area contributed by atoms with Gasteiger partial charge in [-0.1, -0.05) is 22.9 Å². The number of fused-ring (bicyclic) bond motifs is 1.